The number of carbonyl (C=O) groups excluding carboxylic acids is 1. The van der Waals surface area contributed by atoms with Gasteiger partial charge in [-0.15, -0.1) is 11.3 Å². The van der Waals surface area contributed by atoms with Crippen LogP contribution < -0.4 is 0 Å². The number of amides is 1. The summed E-state index contributed by atoms with van der Waals surface area (Å²) in [6.07, 6.45) is 6.14. The van der Waals surface area contributed by atoms with Crippen LogP contribution in [0, 0.1) is 13.8 Å². The van der Waals surface area contributed by atoms with Crippen molar-refractivity contribution in [3.8, 4) is 0 Å². The number of thiophene rings is 1. The third-order valence-corrected chi connectivity index (χ3v) is 5.16. The van der Waals surface area contributed by atoms with Gasteiger partial charge in [-0.3, -0.25) is 14.8 Å². The Morgan fingerprint density at radius 1 is 1.27 bits per heavy atom. The quantitative estimate of drug-likeness (QED) is 0.874. The summed E-state index contributed by atoms with van der Waals surface area (Å²) < 4.78 is 0. The van der Waals surface area contributed by atoms with Crippen molar-refractivity contribution in [2.45, 2.75) is 39.0 Å². The van der Waals surface area contributed by atoms with Gasteiger partial charge in [0.2, 0.25) is 5.91 Å². The van der Waals surface area contributed by atoms with E-state index in [2.05, 4.69) is 29.0 Å². The van der Waals surface area contributed by atoms with Crippen molar-refractivity contribution in [1.82, 2.24) is 14.9 Å². The van der Waals surface area contributed by atoms with E-state index >= 15 is 0 Å². The summed E-state index contributed by atoms with van der Waals surface area (Å²) in [4.78, 5) is 25.6. The van der Waals surface area contributed by atoms with Crippen LogP contribution in [0.1, 0.15) is 39.9 Å². The number of aromatic nitrogens is 2. The molecule has 0 bridgehead atoms. The minimum absolute atomic E-state index is 0.246. The molecule has 0 aliphatic carbocycles. The average molecular weight is 315 g/mol. The van der Waals surface area contributed by atoms with Crippen LogP contribution in [-0.2, 0) is 11.2 Å². The van der Waals surface area contributed by atoms with Crippen molar-refractivity contribution >= 4 is 17.2 Å². The first-order valence-corrected chi connectivity index (χ1v) is 8.55. The van der Waals surface area contributed by atoms with Crippen molar-refractivity contribution in [3.63, 3.8) is 0 Å². The van der Waals surface area contributed by atoms with E-state index in [1.54, 1.807) is 17.5 Å². The number of carbonyl (C=O) groups is 1. The maximum atomic E-state index is 12.4. The van der Waals surface area contributed by atoms with E-state index in [4.69, 9.17) is 0 Å². The van der Waals surface area contributed by atoms with E-state index < -0.39 is 0 Å². The highest BCUT2D eigenvalue weighted by molar-refractivity contribution is 7.12. The molecule has 0 spiro atoms. The minimum atomic E-state index is 0.246. The molecule has 3 rings (SSSR count). The number of aryl methyl sites for hydroxylation is 2. The molecule has 1 fully saturated rings. The number of hydrogen-bond donors (Lipinski definition) is 0. The molecular formula is C17H21N3OS. The number of likely N-dealkylation sites (tertiary alicyclic amines) is 1. The third kappa shape index (κ3) is 3.53. The van der Waals surface area contributed by atoms with Gasteiger partial charge in [0, 0.05) is 41.2 Å². The second-order valence-corrected chi connectivity index (χ2v) is 7.30. The standard InChI is InChI=1S/C17H21N3OS/c1-12-10-18-11-16(19-12)14-5-7-20(8-6-14)17(21)9-15-4-3-13(2)22-15/h3-4,10-11,14H,5-9H2,1-2H3. The van der Waals surface area contributed by atoms with E-state index in [1.165, 1.54) is 4.88 Å². The highest BCUT2D eigenvalue weighted by Gasteiger charge is 2.25. The summed E-state index contributed by atoms with van der Waals surface area (Å²) in [5.41, 5.74) is 2.03. The fourth-order valence-electron chi connectivity index (χ4n) is 2.95. The third-order valence-electron chi connectivity index (χ3n) is 4.16. The Bertz CT molecular complexity index is 659. The maximum Gasteiger partial charge on any atom is 0.227 e. The molecule has 1 aliphatic heterocycles. The summed E-state index contributed by atoms with van der Waals surface area (Å²) in [6.45, 7) is 5.69. The smallest absolute Gasteiger partial charge is 0.227 e. The predicted octanol–water partition coefficient (Wildman–Crippen LogP) is 3.10. The molecule has 0 N–H and O–H groups in total. The molecule has 1 amide bonds. The molecule has 2 aromatic rings. The summed E-state index contributed by atoms with van der Waals surface area (Å²) in [5.74, 6) is 0.677. The van der Waals surface area contributed by atoms with Gasteiger partial charge in [-0.05, 0) is 38.8 Å². The lowest BCUT2D eigenvalue weighted by Gasteiger charge is -2.31. The maximum absolute atomic E-state index is 12.4. The van der Waals surface area contributed by atoms with Gasteiger partial charge in [0.15, 0.2) is 0 Å². The molecule has 3 heterocycles. The molecule has 0 atom stereocenters. The molecule has 4 nitrogen and oxygen atoms in total. The van der Waals surface area contributed by atoms with Crippen molar-refractivity contribution in [2.24, 2.45) is 0 Å². The molecule has 22 heavy (non-hydrogen) atoms. The van der Waals surface area contributed by atoms with Crippen LogP contribution in [0.15, 0.2) is 24.5 Å². The minimum Gasteiger partial charge on any atom is -0.342 e. The van der Waals surface area contributed by atoms with Gasteiger partial charge in [0.05, 0.1) is 17.8 Å². The summed E-state index contributed by atoms with van der Waals surface area (Å²) in [5, 5.41) is 0. The summed E-state index contributed by atoms with van der Waals surface area (Å²) in [7, 11) is 0. The molecule has 116 valence electrons. The van der Waals surface area contributed by atoms with Gasteiger partial charge in [0.1, 0.15) is 0 Å². The summed E-state index contributed by atoms with van der Waals surface area (Å²) in [6, 6.07) is 4.14. The normalized spacial score (nSPS) is 16.0. The lowest BCUT2D eigenvalue weighted by atomic mass is 9.93. The second kappa shape index (κ2) is 6.57. The van der Waals surface area contributed by atoms with Crippen molar-refractivity contribution < 1.29 is 4.79 Å². The molecule has 0 aromatic carbocycles. The molecule has 1 aliphatic rings. The predicted molar refractivity (Wildman–Crippen MR) is 88.1 cm³/mol. The largest absolute Gasteiger partial charge is 0.342 e. The van der Waals surface area contributed by atoms with Crippen LogP contribution in [0.2, 0.25) is 0 Å². The van der Waals surface area contributed by atoms with E-state index in [-0.39, 0.29) is 5.91 Å². The number of rotatable bonds is 3. The first kappa shape index (κ1) is 15.2. The van der Waals surface area contributed by atoms with Gasteiger partial charge in [-0.1, -0.05) is 0 Å². The summed E-state index contributed by atoms with van der Waals surface area (Å²) >= 11 is 1.71. The molecule has 5 heteroatoms. The second-order valence-electron chi connectivity index (χ2n) is 5.93. The molecule has 0 unspecified atom stereocenters. The Kier molecular flexibility index (Phi) is 4.52. The van der Waals surface area contributed by atoms with Gasteiger partial charge >= 0.3 is 0 Å². The van der Waals surface area contributed by atoms with Gasteiger partial charge in [-0.2, -0.15) is 0 Å². The molecule has 1 saturated heterocycles. The monoisotopic (exact) mass is 315 g/mol. The Labute approximate surface area is 135 Å². The Morgan fingerprint density at radius 2 is 2.05 bits per heavy atom. The SMILES string of the molecule is Cc1cncc(C2CCN(C(=O)Cc3ccc(C)s3)CC2)n1. The molecule has 0 saturated carbocycles. The van der Waals surface area contributed by atoms with Crippen molar-refractivity contribution in [3.05, 3.63) is 45.7 Å². The van der Waals surface area contributed by atoms with Crippen LogP contribution in [-0.4, -0.2) is 33.9 Å². The fourth-order valence-corrected chi connectivity index (χ4v) is 3.83. The van der Waals surface area contributed by atoms with Crippen LogP contribution in [0.3, 0.4) is 0 Å². The molecule has 0 radical (unpaired) electrons. The van der Waals surface area contributed by atoms with E-state index in [9.17, 15) is 4.79 Å². The average Bonchev–Trinajstić information content (AvgIpc) is 2.92. The Hall–Kier alpha value is -1.75. The zero-order valence-corrected chi connectivity index (χ0v) is 13.9. The van der Waals surface area contributed by atoms with Crippen molar-refractivity contribution in [2.75, 3.05) is 13.1 Å². The zero-order chi connectivity index (χ0) is 15.5. The Balaban J connectivity index is 1.56. The number of piperidine rings is 1. The first-order valence-electron chi connectivity index (χ1n) is 7.73. The van der Waals surface area contributed by atoms with E-state index in [0.29, 0.717) is 12.3 Å². The van der Waals surface area contributed by atoms with Gasteiger partial charge in [-0.25, -0.2) is 0 Å². The lowest BCUT2D eigenvalue weighted by Crippen LogP contribution is -2.38. The topological polar surface area (TPSA) is 46.1 Å². The van der Waals surface area contributed by atoms with Gasteiger partial charge < -0.3 is 4.90 Å². The first-order chi connectivity index (χ1) is 10.6. The number of hydrogen-bond acceptors (Lipinski definition) is 4. The van der Waals surface area contributed by atoms with E-state index in [1.807, 2.05) is 18.0 Å². The van der Waals surface area contributed by atoms with Crippen LogP contribution >= 0.6 is 11.3 Å². The Morgan fingerprint density at radius 3 is 2.68 bits per heavy atom. The highest BCUT2D eigenvalue weighted by atomic mass is 32.1. The fraction of sp³-hybridized carbons (Fsp3) is 0.471. The highest BCUT2D eigenvalue weighted by Crippen LogP contribution is 2.27. The van der Waals surface area contributed by atoms with E-state index in [0.717, 1.165) is 42.2 Å². The molecular weight excluding hydrogens is 294 g/mol. The lowest BCUT2D eigenvalue weighted by molar-refractivity contribution is -0.131. The van der Waals surface area contributed by atoms with Crippen LogP contribution in [0.5, 0.6) is 0 Å². The molecule has 2 aromatic heterocycles. The van der Waals surface area contributed by atoms with Crippen molar-refractivity contribution in [1.29, 1.82) is 0 Å². The van der Waals surface area contributed by atoms with Gasteiger partial charge in [0.25, 0.3) is 0 Å². The van der Waals surface area contributed by atoms with Crippen LogP contribution in [0.25, 0.3) is 0 Å². The zero-order valence-electron chi connectivity index (χ0n) is 13.1. The number of nitrogens with zero attached hydrogens (tertiary/aromatic N) is 3. The van der Waals surface area contributed by atoms with Crippen LogP contribution in [0.4, 0.5) is 0 Å².